The number of carbonyl (C=O) groups is 1. The number of furan rings is 1. The Morgan fingerprint density at radius 3 is 2.57 bits per heavy atom. The molecule has 1 heterocycles. The summed E-state index contributed by atoms with van der Waals surface area (Å²) in [5.74, 6) is 0.684. The van der Waals surface area contributed by atoms with E-state index in [-0.39, 0.29) is 11.6 Å². The van der Waals surface area contributed by atoms with Crippen molar-refractivity contribution in [2.45, 2.75) is 38.1 Å². The predicted molar refractivity (Wildman–Crippen MR) is 114 cm³/mol. The predicted octanol–water partition coefficient (Wildman–Crippen LogP) is 5.74. The van der Waals surface area contributed by atoms with Gasteiger partial charge in [-0.1, -0.05) is 19.3 Å². The minimum absolute atomic E-state index is 0.172. The third-order valence-electron chi connectivity index (χ3n) is 5.89. The second-order valence-corrected chi connectivity index (χ2v) is 7.72. The minimum atomic E-state index is -0.955. The Bertz CT molecular complexity index is 1090. The largest absolute Gasteiger partial charge is 0.497 e. The van der Waals surface area contributed by atoms with Crippen LogP contribution in [0.3, 0.4) is 0 Å². The van der Waals surface area contributed by atoms with E-state index in [4.69, 9.17) is 14.3 Å². The average molecular weight is 404 g/mol. The number of anilines is 1. The van der Waals surface area contributed by atoms with Crippen LogP contribution in [0.1, 0.15) is 59.8 Å². The monoisotopic (exact) mass is 404 g/mol. The zero-order valence-electron chi connectivity index (χ0n) is 16.9. The lowest BCUT2D eigenvalue weighted by molar-refractivity contribution is 0.0697. The van der Waals surface area contributed by atoms with Crippen molar-refractivity contribution in [3.05, 3.63) is 59.4 Å². The van der Waals surface area contributed by atoms with Gasteiger partial charge >= 0.3 is 5.97 Å². The van der Waals surface area contributed by atoms with E-state index < -0.39 is 5.97 Å². The normalized spacial score (nSPS) is 15.5. The van der Waals surface area contributed by atoms with Crippen LogP contribution in [0.15, 0.2) is 46.9 Å². The standard InChI is InChI=1S/C24H24N2O4/c1-29-18-11-12-21-19(13-18)20(14-25)23(30-21)22(15-5-3-2-4-6-15)26-17-9-7-16(8-10-17)24(27)28/h7-13,15,22,26H,2-6H2,1H3,(H,27,28). The fraction of sp³-hybridized carbons (Fsp3) is 0.333. The lowest BCUT2D eigenvalue weighted by Crippen LogP contribution is -2.23. The molecule has 0 bridgehead atoms. The van der Waals surface area contributed by atoms with Crippen molar-refractivity contribution in [1.82, 2.24) is 0 Å². The van der Waals surface area contributed by atoms with E-state index in [1.807, 2.05) is 18.2 Å². The number of hydrogen-bond donors (Lipinski definition) is 2. The van der Waals surface area contributed by atoms with Gasteiger partial charge in [0, 0.05) is 11.1 Å². The number of carboxylic acid groups (broad SMARTS) is 1. The van der Waals surface area contributed by atoms with Crippen LogP contribution in [-0.4, -0.2) is 18.2 Å². The van der Waals surface area contributed by atoms with E-state index in [0.717, 1.165) is 36.8 Å². The van der Waals surface area contributed by atoms with Gasteiger partial charge in [0.2, 0.25) is 0 Å². The summed E-state index contributed by atoms with van der Waals surface area (Å²) in [7, 11) is 1.60. The molecule has 1 unspecified atom stereocenters. The summed E-state index contributed by atoms with van der Waals surface area (Å²) in [4.78, 5) is 11.2. The minimum Gasteiger partial charge on any atom is -0.497 e. The van der Waals surface area contributed by atoms with E-state index in [0.29, 0.717) is 28.6 Å². The first-order valence-electron chi connectivity index (χ1n) is 10.2. The van der Waals surface area contributed by atoms with E-state index in [9.17, 15) is 10.1 Å². The van der Waals surface area contributed by atoms with Gasteiger partial charge in [0.15, 0.2) is 0 Å². The molecule has 2 aromatic carbocycles. The lowest BCUT2D eigenvalue weighted by atomic mass is 9.82. The van der Waals surface area contributed by atoms with Crippen LogP contribution < -0.4 is 10.1 Å². The van der Waals surface area contributed by atoms with Gasteiger partial charge in [-0.15, -0.1) is 0 Å². The zero-order valence-corrected chi connectivity index (χ0v) is 16.9. The molecule has 3 aromatic rings. The summed E-state index contributed by atoms with van der Waals surface area (Å²) in [6.45, 7) is 0. The molecule has 0 amide bonds. The number of nitriles is 1. The van der Waals surface area contributed by atoms with Crippen LogP contribution in [0.2, 0.25) is 0 Å². The SMILES string of the molecule is COc1ccc2oc(C(Nc3ccc(C(=O)O)cc3)C3CCCCC3)c(C#N)c2c1. The third-order valence-corrected chi connectivity index (χ3v) is 5.89. The first-order valence-corrected chi connectivity index (χ1v) is 10.2. The van der Waals surface area contributed by atoms with Crippen LogP contribution in [-0.2, 0) is 0 Å². The average Bonchev–Trinajstić information content (AvgIpc) is 3.15. The molecule has 1 atom stereocenters. The number of rotatable bonds is 6. The molecule has 1 aliphatic carbocycles. The van der Waals surface area contributed by atoms with Crippen molar-refractivity contribution < 1.29 is 19.1 Å². The van der Waals surface area contributed by atoms with Crippen molar-refractivity contribution in [2.75, 3.05) is 12.4 Å². The Morgan fingerprint density at radius 2 is 1.93 bits per heavy atom. The molecule has 0 saturated heterocycles. The van der Waals surface area contributed by atoms with Crippen LogP contribution >= 0.6 is 0 Å². The summed E-state index contributed by atoms with van der Waals surface area (Å²) in [6.07, 6.45) is 5.62. The van der Waals surface area contributed by atoms with Gasteiger partial charge in [0.1, 0.15) is 28.7 Å². The Morgan fingerprint density at radius 1 is 1.20 bits per heavy atom. The Labute approximate surface area is 175 Å². The maximum absolute atomic E-state index is 11.2. The first kappa shape index (κ1) is 19.8. The molecular weight excluding hydrogens is 380 g/mol. The lowest BCUT2D eigenvalue weighted by Gasteiger charge is -2.30. The smallest absolute Gasteiger partial charge is 0.335 e. The van der Waals surface area contributed by atoms with Crippen molar-refractivity contribution in [3.8, 4) is 11.8 Å². The number of nitrogens with zero attached hydrogens (tertiary/aromatic N) is 1. The second kappa shape index (κ2) is 8.50. The molecule has 1 aliphatic rings. The van der Waals surface area contributed by atoms with Crippen molar-refractivity contribution in [1.29, 1.82) is 5.26 Å². The topological polar surface area (TPSA) is 95.5 Å². The quantitative estimate of drug-likeness (QED) is 0.543. The summed E-state index contributed by atoms with van der Waals surface area (Å²) in [5.41, 5.74) is 2.22. The van der Waals surface area contributed by atoms with Crippen LogP contribution in [0.5, 0.6) is 5.75 Å². The second-order valence-electron chi connectivity index (χ2n) is 7.72. The van der Waals surface area contributed by atoms with Gasteiger partial charge in [-0.2, -0.15) is 5.26 Å². The molecule has 6 heteroatoms. The van der Waals surface area contributed by atoms with E-state index in [2.05, 4.69) is 11.4 Å². The van der Waals surface area contributed by atoms with E-state index in [1.165, 1.54) is 6.42 Å². The highest BCUT2D eigenvalue weighted by molar-refractivity contribution is 5.88. The van der Waals surface area contributed by atoms with Crippen LogP contribution in [0.4, 0.5) is 5.69 Å². The highest BCUT2D eigenvalue weighted by Crippen LogP contribution is 2.41. The molecule has 0 aliphatic heterocycles. The maximum atomic E-state index is 11.2. The molecular formula is C24H24N2O4. The summed E-state index contributed by atoms with van der Waals surface area (Å²) >= 11 is 0. The molecule has 0 spiro atoms. The molecule has 2 N–H and O–H groups in total. The van der Waals surface area contributed by atoms with E-state index in [1.54, 1.807) is 31.4 Å². The number of ether oxygens (including phenoxy) is 1. The number of benzene rings is 2. The zero-order chi connectivity index (χ0) is 21.1. The number of hydrogen-bond acceptors (Lipinski definition) is 5. The van der Waals surface area contributed by atoms with Crippen LogP contribution in [0.25, 0.3) is 11.0 Å². The fourth-order valence-corrected chi connectivity index (χ4v) is 4.31. The molecule has 6 nitrogen and oxygen atoms in total. The van der Waals surface area contributed by atoms with Gasteiger partial charge < -0.3 is 19.6 Å². The van der Waals surface area contributed by atoms with Gasteiger partial charge in [-0.3, -0.25) is 0 Å². The molecule has 1 aromatic heterocycles. The summed E-state index contributed by atoms with van der Waals surface area (Å²) in [5, 5.41) is 23.4. The molecule has 1 saturated carbocycles. The third kappa shape index (κ3) is 3.84. The van der Waals surface area contributed by atoms with Gasteiger partial charge in [-0.25, -0.2) is 4.79 Å². The first-order chi connectivity index (χ1) is 14.6. The Kier molecular flexibility index (Phi) is 5.62. The van der Waals surface area contributed by atoms with Crippen molar-refractivity contribution in [3.63, 3.8) is 0 Å². The summed E-state index contributed by atoms with van der Waals surface area (Å²) < 4.78 is 11.5. The van der Waals surface area contributed by atoms with Crippen LogP contribution in [0, 0.1) is 17.2 Å². The van der Waals surface area contributed by atoms with Gasteiger partial charge in [-0.05, 0) is 61.2 Å². The van der Waals surface area contributed by atoms with Gasteiger partial charge in [0.25, 0.3) is 0 Å². The number of aromatic carboxylic acids is 1. The number of carboxylic acids is 1. The number of nitrogens with one attached hydrogen (secondary N) is 1. The number of methoxy groups -OCH3 is 1. The molecule has 1 fully saturated rings. The number of fused-ring (bicyclic) bond motifs is 1. The molecule has 0 radical (unpaired) electrons. The van der Waals surface area contributed by atoms with Crippen molar-refractivity contribution >= 4 is 22.6 Å². The maximum Gasteiger partial charge on any atom is 0.335 e. The van der Waals surface area contributed by atoms with E-state index >= 15 is 0 Å². The Balaban J connectivity index is 1.76. The highest BCUT2D eigenvalue weighted by atomic mass is 16.5. The molecule has 154 valence electrons. The summed E-state index contributed by atoms with van der Waals surface area (Å²) in [6, 6.07) is 14.3. The van der Waals surface area contributed by atoms with Crippen molar-refractivity contribution in [2.24, 2.45) is 5.92 Å². The molecule has 30 heavy (non-hydrogen) atoms. The highest BCUT2D eigenvalue weighted by Gasteiger charge is 2.31. The molecule has 4 rings (SSSR count). The Hall–Kier alpha value is -3.46. The van der Waals surface area contributed by atoms with Gasteiger partial charge in [0.05, 0.1) is 18.7 Å². The fourth-order valence-electron chi connectivity index (χ4n) is 4.31.